The molecule has 3 amide bonds. The van der Waals surface area contributed by atoms with Gasteiger partial charge in [-0.1, -0.05) is 19.3 Å². The van der Waals surface area contributed by atoms with Gasteiger partial charge in [-0.2, -0.15) is 0 Å². The number of rotatable bonds is 6. The van der Waals surface area contributed by atoms with Crippen LogP contribution in [0.5, 0.6) is 11.5 Å². The molecule has 1 fully saturated rings. The Hall–Kier alpha value is -2.77. The SMILES string of the molecule is COc1ccc(C(=O)O[C@@H](C)C(=O)NC(=O)NC2CCCCC2)c(OC)c1. The topological polar surface area (TPSA) is 103 Å². The van der Waals surface area contributed by atoms with E-state index in [4.69, 9.17) is 14.2 Å². The van der Waals surface area contributed by atoms with Crippen LogP contribution in [-0.4, -0.2) is 44.3 Å². The van der Waals surface area contributed by atoms with Crippen LogP contribution in [0.4, 0.5) is 4.79 Å². The third-order valence-corrected chi connectivity index (χ3v) is 4.46. The van der Waals surface area contributed by atoms with E-state index < -0.39 is 24.0 Å². The van der Waals surface area contributed by atoms with E-state index in [9.17, 15) is 14.4 Å². The predicted molar refractivity (Wildman–Crippen MR) is 98.0 cm³/mol. The maximum absolute atomic E-state index is 12.3. The Morgan fingerprint density at radius 1 is 1.07 bits per heavy atom. The lowest BCUT2D eigenvalue weighted by molar-refractivity contribution is -0.127. The van der Waals surface area contributed by atoms with Crippen LogP contribution in [0.1, 0.15) is 49.4 Å². The Kier molecular flexibility index (Phi) is 7.45. The number of methoxy groups -OCH3 is 2. The van der Waals surface area contributed by atoms with E-state index in [-0.39, 0.29) is 17.4 Å². The van der Waals surface area contributed by atoms with Gasteiger partial charge in [0.2, 0.25) is 0 Å². The van der Waals surface area contributed by atoms with Crippen molar-refractivity contribution in [2.75, 3.05) is 14.2 Å². The van der Waals surface area contributed by atoms with Gasteiger partial charge in [0.05, 0.1) is 14.2 Å². The molecule has 0 aliphatic heterocycles. The first-order valence-electron chi connectivity index (χ1n) is 8.99. The van der Waals surface area contributed by atoms with E-state index in [0.29, 0.717) is 5.75 Å². The highest BCUT2D eigenvalue weighted by molar-refractivity contribution is 5.99. The second-order valence-corrected chi connectivity index (χ2v) is 6.41. The fraction of sp³-hybridized carbons (Fsp3) is 0.526. The molecular formula is C19H26N2O6. The molecule has 0 bridgehead atoms. The number of hydrogen-bond donors (Lipinski definition) is 2. The molecule has 1 atom stereocenters. The average Bonchev–Trinajstić information content (AvgIpc) is 2.67. The van der Waals surface area contributed by atoms with Gasteiger partial charge < -0.3 is 19.5 Å². The molecule has 148 valence electrons. The van der Waals surface area contributed by atoms with E-state index in [1.54, 1.807) is 12.1 Å². The normalized spacial score (nSPS) is 15.4. The van der Waals surface area contributed by atoms with Crippen LogP contribution in [0.3, 0.4) is 0 Å². The minimum absolute atomic E-state index is 0.0768. The molecule has 1 aromatic carbocycles. The van der Waals surface area contributed by atoms with Gasteiger partial charge in [0.1, 0.15) is 17.1 Å². The van der Waals surface area contributed by atoms with Crippen molar-refractivity contribution < 1.29 is 28.6 Å². The largest absolute Gasteiger partial charge is 0.497 e. The molecule has 0 heterocycles. The molecule has 8 heteroatoms. The summed E-state index contributed by atoms with van der Waals surface area (Å²) in [5.74, 6) is -0.635. The van der Waals surface area contributed by atoms with E-state index in [1.165, 1.54) is 33.6 Å². The summed E-state index contributed by atoms with van der Waals surface area (Å²) in [6.07, 6.45) is 3.97. The Bertz CT molecular complexity index is 685. The second kappa shape index (κ2) is 9.80. The van der Waals surface area contributed by atoms with Crippen molar-refractivity contribution in [1.29, 1.82) is 0 Å². The second-order valence-electron chi connectivity index (χ2n) is 6.41. The Labute approximate surface area is 158 Å². The third kappa shape index (κ3) is 5.87. The van der Waals surface area contributed by atoms with Gasteiger partial charge in [0.15, 0.2) is 6.10 Å². The molecule has 0 aromatic heterocycles. The Morgan fingerprint density at radius 2 is 1.78 bits per heavy atom. The maximum atomic E-state index is 12.3. The minimum Gasteiger partial charge on any atom is -0.497 e. The van der Waals surface area contributed by atoms with Crippen LogP contribution in [0, 0.1) is 0 Å². The summed E-state index contributed by atoms with van der Waals surface area (Å²) in [7, 11) is 2.91. The van der Waals surface area contributed by atoms with E-state index in [1.807, 2.05) is 0 Å². The lowest BCUT2D eigenvalue weighted by Gasteiger charge is -2.23. The molecule has 27 heavy (non-hydrogen) atoms. The lowest BCUT2D eigenvalue weighted by atomic mass is 9.96. The number of amides is 3. The molecule has 1 saturated carbocycles. The number of hydrogen-bond acceptors (Lipinski definition) is 6. The van der Waals surface area contributed by atoms with Gasteiger partial charge in [-0.15, -0.1) is 0 Å². The number of nitrogens with one attached hydrogen (secondary N) is 2. The summed E-state index contributed by atoms with van der Waals surface area (Å²) in [6, 6.07) is 4.12. The highest BCUT2D eigenvalue weighted by Crippen LogP contribution is 2.25. The predicted octanol–water partition coefficient (Wildman–Crippen LogP) is 2.41. The van der Waals surface area contributed by atoms with Crippen molar-refractivity contribution >= 4 is 17.9 Å². The van der Waals surface area contributed by atoms with Gasteiger partial charge in [-0.3, -0.25) is 10.1 Å². The van der Waals surface area contributed by atoms with Crippen molar-refractivity contribution in [3.05, 3.63) is 23.8 Å². The number of carbonyl (C=O) groups is 3. The zero-order valence-electron chi connectivity index (χ0n) is 15.9. The molecule has 1 aliphatic carbocycles. The number of ether oxygens (including phenoxy) is 3. The summed E-state index contributed by atoms with van der Waals surface area (Å²) >= 11 is 0. The fourth-order valence-corrected chi connectivity index (χ4v) is 2.93. The standard InChI is InChI=1S/C19H26N2O6/c1-12(17(22)21-19(24)20-13-7-5-4-6-8-13)27-18(23)15-10-9-14(25-2)11-16(15)26-3/h9-13H,4-8H2,1-3H3,(H2,20,21,22,24)/t12-/m0/s1. The highest BCUT2D eigenvalue weighted by Gasteiger charge is 2.24. The third-order valence-electron chi connectivity index (χ3n) is 4.46. The first kappa shape index (κ1) is 20.5. The van der Waals surface area contributed by atoms with Crippen LogP contribution in [0.2, 0.25) is 0 Å². The van der Waals surface area contributed by atoms with Crippen molar-refractivity contribution in [3.8, 4) is 11.5 Å². The fourth-order valence-electron chi connectivity index (χ4n) is 2.93. The zero-order valence-corrected chi connectivity index (χ0v) is 15.9. The molecular weight excluding hydrogens is 352 g/mol. The lowest BCUT2D eigenvalue weighted by Crippen LogP contribution is -2.48. The molecule has 1 aromatic rings. The summed E-state index contributed by atoms with van der Waals surface area (Å²) in [6.45, 7) is 1.40. The molecule has 1 aliphatic rings. The van der Waals surface area contributed by atoms with Crippen molar-refractivity contribution in [3.63, 3.8) is 0 Å². The number of imide groups is 1. The van der Waals surface area contributed by atoms with Crippen LogP contribution in [-0.2, 0) is 9.53 Å². The molecule has 2 N–H and O–H groups in total. The Morgan fingerprint density at radius 3 is 2.41 bits per heavy atom. The molecule has 2 rings (SSSR count). The first-order chi connectivity index (χ1) is 12.9. The van der Waals surface area contributed by atoms with Crippen LogP contribution in [0.15, 0.2) is 18.2 Å². The summed E-state index contributed by atoms with van der Waals surface area (Å²) in [5.41, 5.74) is 0.157. The maximum Gasteiger partial charge on any atom is 0.342 e. The molecule has 0 spiro atoms. The molecule has 8 nitrogen and oxygen atoms in total. The van der Waals surface area contributed by atoms with E-state index in [2.05, 4.69) is 10.6 Å². The zero-order chi connectivity index (χ0) is 19.8. The van der Waals surface area contributed by atoms with Gasteiger partial charge in [0, 0.05) is 12.1 Å². The summed E-state index contributed by atoms with van der Waals surface area (Å²) in [5, 5.41) is 4.99. The van der Waals surface area contributed by atoms with Crippen LogP contribution in [0.25, 0.3) is 0 Å². The highest BCUT2D eigenvalue weighted by atomic mass is 16.5. The smallest absolute Gasteiger partial charge is 0.342 e. The first-order valence-corrected chi connectivity index (χ1v) is 8.99. The van der Waals surface area contributed by atoms with Gasteiger partial charge in [0.25, 0.3) is 5.91 Å². The number of benzene rings is 1. The molecule has 0 radical (unpaired) electrons. The summed E-state index contributed by atoms with van der Waals surface area (Å²) < 4.78 is 15.4. The monoisotopic (exact) mass is 378 g/mol. The molecule has 0 unspecified atom stereocenters. The number of carbonyl (C=O) groups excluding carboxylic acids is 3. The summed E-state index contributed by atoms with van der Waals surface area (Å²) in [4.78, 5) is 36.4. The van der Waals surface area contributed by atoms with E-state index >= 15 is 0 Å². The van der Waals surface area contributed by atoms with Gasteiger partial charge in [-0.05, 0) is 31.9 Å². The van der Waals surface area contributed by atoms with Crippen molar-refractivity contribution in [1.82, 2.24) is 10.6 Å². The quantitative estimate of drug-likeness (QED) is 0.737. The minimum atomic E-state index is -1.14. The van der Waals surface area contributed by atoms with Crippen LogP contribution < -0.4 is 20.1 Å². The van der Waals surface area contributed by atoms with E-state index in [0.717, 1.165) is 25.7 Å². The average molecular weight is 378 g/mol. The van der Waals surface area contributed by atoms with Gasteiger partial charge in [-0.25, -0.2) is 9.59 Å². The van der Waals surface area contributed by atoms with Crippen molar-refractivity contribution in [2.24, 2.45) is 0 Å². The number of esters is 1. The van der Waals surface area contributed by atoms with Crippen molar-refractivity contribution in [2.45, 2.75) is 51.2 Å². The Balaban J connectivity index is 1.89. The van der Waals surface area contributed by atoms with Gasteiger partial charge >= 0.3 is 12.0 Å². The number of urea groups is 1. The molecule has 0 saturated heterocycles. The van der Waals surface area contributed by atoms with Crippen LogP contribution >= 0.6 is 0 Å².